The predicted octanol–water partition coefficient (Wildman–Crippen LogP) is 5.85. The van der Waals surface area contributed by atoms with E-state index < -0.39 is 8.32 Å². The fourth-order valence-corrected chi connectivity index (χ4v) is 6.95. The molecule has 9 nitrogen and oxygen atoms in total. The summed E-state index contributed by atoms with van der Waals surface area (Å²) < 4.78 is 8.89. The molecule has 3 aromatic heterocycles. The van der Waals surface area contributed by atoms with Crippen LogP contribution >= 0.6 is 0 Å². The topological polar surface area (TPSA) is 112 Å². The van der Waals surface area contributed by atoms with Gasteiger partial charge in [0.25, 0.3) is 0 Å². The molecular formula is C31H43N7O2Si. The molecule has 2 aliphatic rings. The largest absolute Gasteiger partial charge is 0.415 e. The lowest BCUT2D eigenvalue weighted by Gasteiger charge is -2.43. The molecule has 1 spiro atoms. The van der Waals surface area contributed by atoms with E-state index >= 15 is 0 Å². The number of nitrogen functional groups attached to an aromatic ring is 1. The Balaban J connectivity index is 1.54. The van der Waals surface area contributed by atoms with Crippen LogP contribution in [0.2, 0.25) is 18.1 Å². The molecule has 0 amide bonds. The molecule has 0 atom stereocenters. The van der Waals surface area contributed by atoms with Crippen LogP contribution in [0.1, 0.15) is 58.6 Å². The Morgan fingerprint density at radius 3 is 2.46 bits per heavy atom. The smallest absolute Gasteiger partial charge is 0.192 e. The highest BCUT2D eigenvalue weighted by molar-refractivity contribution is 6.74. The van der Waals surface area contributed by atoms with Crippen molar-refractivity contribution in [2.75, 3.05) is 25.4 Å². The molecule has 4 heterocycles. The van der Waals surface area contributed by atoms with Gasteiger partial charge in [0.15, 0.2) is 14.1 Å². The van der Waals surface area contributed by atoms with Crippen molar-refractivity contribution in [2.45, 2.75) is 77.6 Å². The Kier molecular flexibility index (Phi) is 8.16. The van der Waals surface area contributed by atoms with E-state index in [0.29, 0.717) is 30.2 Å². The standard InChI is InChI=1S/C31H43N7O2Si/c1-30(2,3)41(4,5)40-21-19-38-26(23-8-10-31(11-9-23)12-17-37(18-13-31)16-7-20-39)24(28-33-14-6-15-34-28)25-27(32)35-22-36-29(25)38/h6-8,14-16,20,22H,9-13,17-19,21H2,1-5H3,(H2,32,35,36). The molecule has 41 heavy (non-hydrogen) atoms. The highest BCUT2D eigenvalue weighted by Crippen LogP contribution is 2.48. The number of hydrogen-bond donors (Lipinski definition) is 1. The second kappa shape index (κ2) is 11.5. The lowest BCUT2D eigenvalue weighted by Crippen LogP contribution is -2.41. The Labute approximate surface area is 244 Å². The van der Waals surface area contributed by atoms with Gasteiger partial charge >= 0.3 is 0 Å². The van der Waals surface area contributed by atoms with Gasteiger partial charge in [0.05, 0.1) is 23.3 Å². The van der Waals surface area contributed by atoms with Crippen LogP contribution in [-0.4, -0.2) is 63.7 Å². The number of aldehydes is 1. The number of allylic oxidation sites excluding steroid dienone is 3. The number of likely N-dealkylation sites (tertiary alicyclic amines) is 1. The number of nitrogens with two attached hydrogens (primary N) is 1. The molecule has 218 valence electrons. The highest BCUT2D eigenvalue weighted by Gasteiger charge is 2.38. The van der Waals surface area contributed by atoms with E-state index in [1.54, 1.807) is 24.8 Å². The Bertz CT molecular complexity index is 1450. The number of nitrogens with zero attached hydrogens (tertiary/aromatic N) is 6. The lowest BCUT2D eigenvalue weighted by atomic mass is 9.68. The number of anilines is 1. The van der Waals surface area contributed by atoms with Gasteiger partial charge in [-0.3, -0.25) is 4.79 Å². The molecule has 0 radical (unpaired) electrons. The summed E-state index contributed by atoms with van der Waals surface area (Å²) in [6.45, 7) is 14.6. The van der Waals surface area contributed by atoms with Gasteiger partial charge in [-0.15, -0.1) is 0 Å². The maximum atomic E-state index is 10.8. The molecule has 3 aromatic rings. The highest BCUT2D eigenvalue weighted by atomic mass is 28.4. The number of fused-ring (bicyclic) bond motifs is 1. The van der Waals surface area contributed by atoms with Gasteiger partial charge in [-0.1, -0.05) is 26.8 Å². The van der Waals surface area contributed by atoms with E-state index in [1.807, 2.05) is 12.3 Å². The van der Waals surface area contributed by atoms with Crippen molar-refractivity contribution in [3.05, 3.63) is 48.8 Å². The molecule has 1 aliphatic heterocycles. The summed E-state index contributed by atoms with van der Waals surface area (Å²) in [6.07, 6.45) is 17.2. The third-order valence-corrected chi connectivity index (χ3v) is 14.0. The minimum atomic E-state index is -1.93. The van der Waals surface area contributed by atoms with Crippen molar-refractivity contribution < 1.29 is 9.22 Å². The predicted molar refractivity (Wildman–Crippen MR) is 166 cm³/mol. The molecule has 1 aliphatic carbocycles. The van der Waals surface area contributed by atoms with Gasteiger partial charge < -0.3 is 19.6 Å². The van der Waals surface area contributed by atoms with Gasteiger partial charge in [-0.05, 0) is 73.4 Å². The third-order valence-electron chi connectivity index (χ3n) is 9.49. The fraction of sp³-hybridized carbons (Fsp3) is 0.516. The Hall–Kier alpha value is -3.37. The summed E-state index contributed by atoms with van der Waals surface area (Å²) in [5.41, 5.74) is 10.9. The number of rotatable bonds is 8. The van der Waals surface area contributed by atoms with Gasteiger partial charge in [-0.25, -0.2) is 19.9 Å². The molecular weight excluding hydrogens is 530 g/mol. The Morgan fingerprint density at radius 2 is 1.83 bits per heavy atom. The normalized spacial score (nSPS) is 17.9. The van der Waals surface area contributed by atoms with Gasteiger partial charge in [0.2, 0.25) is 0 Å². The number of carbonyl (C=O) groups excluding carboxylic acids is 1. The van der Waals surface area contributed by atoms with E-state index in [2.05, 4.69) is 64.4 Å². The van der Waals surface area contributed by atoms with Crippen molar-refractivity contribution >= 4 is 37.0 Å². The van der Waals surface area contributed by atoms with Crippen molar-refractivity contribution in [1.29, 1.82) is 0 Å². The van der Waals surface area contributed by atoms with Gasteiger partial charge in [0, 0.05) is 38.2 Å². The molecule has 5 rings (SSSR count). The van der Waals surface area contributed by atoms with Crippen LogP contribution in [0.3, 0.4) is 0 Å². The van der Waals surface area contributed by atoms with Crippen LogP contribution in [0.15, 0.2) is 43.1 Å². The first kappa shape index (κ1) is 29.1. The maximum absolute atomic E-state index is 10.8. The minimum absolute atomic E-state index is 0.128. The van der Waals surface area contributed by atoms with E-state index in [1.165, 1.54) is 5.57 Å². The molecule has 2 N–H and O–H groups in total. The van der Waals surface area contributed by atoms with Crippen LogP contribution in [0.25, 0.3) is 28.0 Å². The summed E-state index contributed by atoms with van der Waals surface area (Å²) in [6, 6.07) is 1.83. The van der Waals surface area contributed by atoms with Crippen LogP contribution in [0, 0.1) is 5.41 Å². The van der Waals surface area contributed by atoms with Crippen LogP contribution in [0.4, 0.5) is 5.82 Å². The van der Waals surface area contributed by atoms with Crippen LogP contribution in [-0.2, 0) is 15.8 Å². The molecule has 0 saturated carbocycles. The minimum Gasteiger partial charge on any atom is -0.415 e. The summed E-state index contributed by atoms with van der Waals surface area (Å²) in [7, 11) is -1.93. The zero-order chi connectivity index (χ0) is 29.3. The third kappa shape index (κ3) is 5.85. The zero-order valence-electron chi connectivity index (χ0n) is 25.1. The number of carbonyl (C=O) groups is 1. The Morgan fingerprint density at radius 1 is 1.10 bits per heavy atom. The van der Waals surface area contributed by atoms with Gasteiger partial charge in [0.1, 0.15) is 24.1 Å². The second-order valence-electron chi connectivity index (χ2n) is 13.0. The molecule has 1 saturated heterocycles. The van der Waals surface area contributed by atoms with Crippen molar-refractivity contribution in [2.24, 2.45) is 5.41 Å². The number of hydrogen-bond acceptors (Lipinski definition) is 8. The average Bonchev–Trinajstić information content (AvgIpc) is 3.28. The van der Waals surface area contributed by atoms with E-state index in [4.69, 9.17) is 15.1 Å². The molecule has 10 heteroatoms. The van der Waals surface area contributed by atoms with Crippen LogP contribution in [0.5, 0.6) is 0 Å². The molecule has 0 aromatic carbocycles. The second-order valence-corrected chi connectivity index (χ2v) is 17.8. The fourth-order valence-electron chi connectivity index (χ4n) is 5.92. The SMILES string of the molecule is CC(C)(C)[Si](C)(C)OCCn1c(C2=CCC3(CC2)CCN(C=CC=O)CC3)c(-c2ncccn2)c2c(N)ncnc21. The monoisotopic (exact) mass is 573 g/mol. The number of aromatic nitrogens is 5. The molecule has 0 bridgehead atoms. The van der Waals surface area contributed by atoms with Crippen molar-refractivity contribution in [1.82, 2.24) is 29.4 Å². The first-order valence-electron chi connectivity index (χ1n) is 14.6. The van der Waals surface area contributed by atoms with E-state index in [9.17, 15) is 4.79 Å². The average molecular weight is 574 g/mol. The lowest BCUT2D eigenvalue weighted by molar-refractivity contribution is -0.104. The van der Waals surface area contributed by atoms with Crippen molar-refractivity contribution in [3.8, 4) is 11.4 Å². The summed E-state index contributed by atoms with van der Waals surface area (Å²) >= 11 is 0. The zero-order valence-corrected chi connectivity index (χ0v) is 26.1. The number of piperidine rings is 1. The molecule has 1 fully saturated rings. The first-order valence-corrected chi connectivity index (χ1v) is 17.6. The first-order chi connectivity index (χ1) is 19.6. The van der Waals surface area contributed by atoms with Crippen molar-refractivity contribution in [3.63, 3.8) is 0 Å². The summed E-state index contributed by atoms with van der Waals surface area (Å²) in [5, 5.41) is 0.931. The van der Waals surface area contributed by atoms with E-state index in [0.717, 1.165) is 73.8 Å². The molecule has 0 unspecified atom stereocenters. The van der Waals surface area contributed by atoms with Crippen LogP contribution < -0.4 is 5.73 Å². The summed E-state index contributed by atoms with van der Waals surface area (Å²) in [4.78, 5) is 31.4. The quantitative estimate of drug-likeness (QED) is 0.203. The maximum Gasteiger partial charge on any atom is 0.192 e. The van der Waals surface area contributed by atoms with E-state index in [-0.39, 0.29) is 5.04 Å². The van der Waals surface area contributed by atoms with Gasteiger partial charge in [-0.2, -0.15) is 0 Å². The summed E-state index contributed by atoms with van der Waals surface area (Å²) in [5.74, 6) is 1.07.